The molecule has 2 aromatic carbocycles. The zero-order valence-electron chi connectivity index (χ0n) is 11.2. The first-order valence-electron chi connectivity index (χ1n) is 6.39. The van der Waals surface area contributed by atoms with Crippen molar-refractivity contribution in [3.63, 3.8) is 0 Å². The van der Waals surface area contributed by atoms with E-state index in [2.05, 4.69) is 23.2 Å². The van der Waals surface area contributed by atoms with Gasteiger partial charge >= 0.3 is 0 Å². The van der Waals surface area contributed by atoms with E-state index in [4.69, 9.17) is 10.5 Å². The Kier molecular flexibility index (Phi) is 3.56. The van der Waals surface area contributed by atoms with E-state index in [1.165, 1.54) is 5.39 Å². The van der Waals surface area contributed by atoms with E-state index >= 15 is 0 Å². The van der Waals surface area contributed by atoms with Gasteiger partial charge in [0.25, 0.3) is 0 Å². The first-order chi connectivity index (χ1) is 9.76. The van der Waals surface area contributed by atoms with Crippen LogP contribution in [-0.2, 0) is 5.75 Å². The lowest BCUT2D eigenvalue weighted by Gasteiger charge is -2.08. The highest BCUT2D eigenvalue weighted by molar-refractivity contribution is 7.98. The van der Waals surface area contributed by atoms with Crippen LogP contribution < -0.4 is 10.5 Å². The SMILES string of the molecule is COc1ccc(N)cc1CSc1cc2ccccc2[nH]1. The zero-order chi connectivity index (χ0) is 13.9. The molecule has 20 heavy (non-hydrogen) atoms. The molecule has 0 saturated carbocycles. The van der Waals surface area contributed by atoms with E-state index in [0.29, 0.717) is 0 Å². The summed E-state index contributed by atoms with van der Waals surface area (Å²) in [5.74, 6) is 1.70. The molecule has 3 rings (SSSR count). The molecule has 0 aliphatic rings. The molecule has 3 nitrogen and oxygen atoms in total. The van der Waals surface area contributed by atoms with Crippen molar-refractivity contribution < 1.29 is 4.74 Å². The summed E-state index contributed by atoms with van der Waals surface area (Å²) in [6, 6.07) is 16.2. The monoisotopic (exact) mass is 284 g/mol. The molecule has 0 unspecified atom stereocenters. The maximum Gasteiger partial charge on any atom is 0.123 e. The summed E-state index contributed by atoms with van der Waals surface area (Å²) >= 11 is 1.75. The lowest BCUT2D eigenvalue weighted by atomic mass is 10.2. The number of thioether (sulfide) groups is 1. The van der Waals surface area contributed by atoms with Crippen LogP contribution in [0, 0.1) is 0 Å². The molecule has 3 aromatic rings. The van der Waals surface area contributed by atoms with Crippen LogP contribution in [0.5, 0.6) is 5.75 Å². The number of rotatable bonds is 4. The van der Waals surface area contributed by atoms with Crippen molar-refractivity contribution >= 4 is 28.4 Å². The van der Waals surface area contributed by atoms with Crippen molar-refractivity contribution in [3.8, 4) is 5.75 Å². The van der Waals surface area contributed by atoms with Crippen LogP contribution in [0.4, 0.5) is 5.69 Å². The Labute approximate surface area is 122 Å². The number of nitrogen functional groups attached to an aromatic ring is 1. The highest BCUT2D eigenvalue weighted by Gasteiger charge is 2.06. The Morgan fingerprint density at radius 3 is 2.80 bits per heavy atom. The molecule has 0 saturated heterocycles. The van der Waals surface area contributed by atoms with Crippen LogP contribution in [0.15, 0.2) is 53.6 Å². The Bertz CT molecular complexity index is 703. The molecule has 0 bridgehead atoms. The maximum atomic E-state index is 5.84. The summed E-state index contributed by atoms with van der Waals surface area (Å²) in [6.07, 6.45) is 0. The third-order valence-electron chi connectivity index (χ3n) is 3.19. The fourth-order valence-electron chi connectivity index (χ4n) is 2.19. The molecule has 0 atom stereocenters. The summed E-state index contributed by atoms with van der Waals surface area (Å²) in [4.78, 5) is 3.41. The predicted octanol–water partition coefficient (Wildman–Crippen LogP) is 4.05. The van der Waals surface area contributed by atoms with Gasteiger partial charge in [-0.2, -0.15) is 0 Å². The van der Waals surface area contributed by atoms with Crippen LogP contribution >= 0.6 is 11.8 Å². The molecule has 0 amide bonds. The molecule has 0 aliphatic carbocycles. The summed E-state index contributed by atoms with van der Waals surface area (Å²) in [5, 5.41) is 2.38. The van der Waals surface area contributed by atoms with Gasteiger partial charge < -0.3 is 15.5 Å². The van der Waals surface area contributed by atoms with Crippen molar-refractivity contribution in [2.45, 2.75) is 10.8 Å². The number of aromatic amines is 1. The van der Waals surface area contributed by atoms with E-state index in [1.807, 2.05) is 30.3 Å². The minimum atomic E-state index is 0.762. The normalized spacial score (nSPS) is 10.8. The van der Waals surface area contributed by atoms with E-state index in [9.17, 15) is 0 Å². The molecule has 1 heterocycles. The van der Waals surface area contributed by atoms with Gasteiger partial charge in [0, 0.05) is 27.9 Å². The number of fused-ring (bicyclic) bond motifs is 1. The highest BCUT2D eigenvalue weighted by Crippen LogP contribution is 2.30. The quantitative estimate of drug-likeness (QED) is 0.561. The average molecular weight is 284 g/mol. The van der Waals surface area contributed by atoms with Gasteiger partial charge in [0.1, 0.15) is 5.75 Å². The molecular formula is C16H16N2OS. The largest absolute Gasteiger partial charge is 0.496 e. The second-order valence-corrected chi connectivity index (χ2v) is 5.60. The number of hydrogen-bond donors (Lipinski definition) is 2. The smallest absolute Gasteiger partial charge is 0.123 e. The fraction of sp³-hybridized carbons (Fsp3) is 0.125. The number of methoxy groups -OCH3 is 1. The third kappa shape index (κ3) is 2.60. The van der Waals surface area contributed by atoms with E-state index in [1.54, 1.807) is 18.9 Å². The number of nitrogens with two attached hydrogens (primary N) is 1. The van der Waals surface area contributed by atoms with Crippen LogP contribution in [0.2, 0.25) is 0 Å². The molecule has 0 radical (unpaired) electrons. The number of H-pyrrole nitrogens is 1. The summed E-state index contributed by atoms with van der Waals surface area (Å²) < 4.78 is 5.37. The van der Waals surface area contributed by atoms with Crippen LogP contribution in [0.1, 0.15) is 5.56 Å². The maximum absolute atomic E-state index is 5.84. The molecule has 0 aliphatic heterocycles. The Balaban J connectivity index is 1.80. The van der Waals surface area contributed by atoms with Crippen LogP contribution in [-0.4, -0.2) is 12.1 Å². The molecule has 102 valence electrons. The van der Waals surface area contributed by atoms with Gasteiger partial charge in [-0.1, -0.05) is 18.2 Å². The van der Waals surface area contributed by atoms with Crippen molar-refractivity contribution in [1.82, 2.24) is 4.98 Å². The molecule has 3 N–H and O–H groups in total. The highest BCUT2D eigenvalue weighted by atomic mass is 32.2. The van der Waals surface area contributed by atoms with Gasteiger partial charge in [-0.15, -0.1) is 11.8 Å². The van der Waals surface area contributed by atoms with Gasteiger partial charge in [0.15, 0.2) is 0 Å². The number of anilines is 1. The fourth-order valence-corrected chi connectivity index (χ4v) is 3.12. The lowest BCUT2D eigenvalue weighted by Crippen LogP contribution is -1.93. The van der Waals surface area contributed by atoms with E-state index in [-0.39, 0.29) is 0 Å². The number of benzene rings is 2. The van der Waals surface area contributed by atoms with Gasteiger partial charge in [-0.25, -0.2) is 0 Å². The number of para-hydroxylation sites is 1. The van der Waals surface area contributed by atoms with Gasteiger partial charge in [-0.05, 0) is 30.3 Å². The topological polar surface area (TPSA) is 51.0 Å². The molecule has 0 fully saturated rings. The molecule has 4 heteroatoms. The Hall–Kier alpha value is -2.07. The first-order valence-corrected chi connectivity index (χ1v) is 7.38. The minimum Gasteiger partial charge on any atom is -0.496 e. The first kappa shape index (κ1) is 12.9. The summed E-state index contributed by atoms with van der Waals surface area (Å²) in [7, 11) is 1.68. The number of nitrogens with one attached hydrogen (secondary N) is 1. The second kappa shape index (κ2) is 5.51. The average Bonchev–Trinajstić information content (AvgIpc) is 2.88. The molecule has 1 aromatic heterocycles. The van der Waals surface area contributed by atoms with Crippen molar-refractivity contribution in [2.75, 3.05) is 12.8 Å². The number of aromatic nitrogens is 1. The minimum absolute atomic E-state index is 0.762. The van der Waals surface area contributed by atoms with Crippen LogP contribution in [0.25, 0.3) is 10.9 Å². The molecule has 0 spiro atoms. The van der Waals surface area contributed by atoms with Gasteiger partial charge in [-0.3, -0.25) is 0 Å². The van der Waals surface area contributed by atoms with Gasteiger partial charge in [0.05, 0.1) is 12.1 Å². The lowest BCUT2D eigenvalue weighted by molar-refractivity contribution is 0.411. The van der Waals surface area contributed by atoms with Crippen LogP contribution in [0.3, 0.4) is 0 Å². The predicted molar refractivity (Wildman–Crippen MR) is 85.3 cm³/mol. The number of hydrogen-bond acceptors (Lipinski definition) is 3. The zero-order valence-corrected chi connectivity index (χ0v) is 12.0. The third-order valence-corrected chi connectivity index (χ3v) is 4.18. The van der Waals surface area contributed by atoms with Crippen molar-refractivity contribution in [2.24, 2.45) is 0 Å². The van der Waals surface area contributed by atoms with E-state index in [0.717, 1.165) is 33.3 Å². The second-order valence-electron chi connectivity index (χ2n) is 4.58. The van der Waals surface area contributed by atoms with E-state index < -0.39 is 0 Å². The van der Waals surface area contributed by atoms with Crippen molar-refractivity contribution in [1.29, 1.82) is 0 Å². The standard InChI is InChI=1S/C16H16N2OS/c1-19-15-7-6-13(17)8-12(15)10-20-16-9-11-4-2-3-5-14(11)18-16/h2-9,18H,10,17H2,1H3. The van der Waals surface area contributed by atoms with Crippen molar-refractivity contribution in [3.05, 3.63) is 54.1 Å². The summed E-state index contributed by atoms with van der Waals surface area (Å²) in [5.41, 5.74) is 8.87. The Morgan fingerprint density at radius 2 is 2.00 bits per heavy atom. The van der Waals surface area contributed by atoms with Gasteiger partial charge in [0.2, 0.25) is 0 Å². The summed E-state index contributed by atoms with van der Waals surface area (Å²) in [6.45, 7) is 0. The Morgan fingerprint density at radius 1 is 1.15 bits per heavy atom. The number of ether oxygens (including phenoxy) is 1. The molecular weight excluding hydrogens is 268 g/mol.